The number of aromatic nitrogens is 1. The van der Waals surface area contributed by atoms with Crippen molar-refractivity contribution in [1.29, 1.82) is 0 Å². The molecule has 2 unspecified atom stereocenters. The van der Waals surface area contributed by atoms with Crippen LogP contribution in [-0.4, -0.2) is 45.8 Å². The maximum Gasteiger partial charge on any atom is 0.141 e. The van der Waals surface area contributed by atoms with Gasteiger partial charge in [-0.25, -0.2) is 4.39 Å². The van der Waals surface area contributed by atoms with Crippen molar-refractivity contribution in [2.75, 3.05) is 19.7 Å². The summed E-state index contributed by atoms with van der Waals surface area (Å²) in [4.78, 5) is 6.15. The van der Waals surface area contributed by atoms with Gasteiger partial charge in [0, 0.05) is 31.7 Å². The summed E-state index contributed by atoms with van der Waals surface area (Å²) in [7, 11) is 0. The molecule has 2 N–H and O–H groups in total. The molecule has 0 saturated carbocycles. The average Bonchev–Trinajstić information content (AvgIpc) is 2.42. The summed E-state index contributed by atoms with van der Waals surface area (Å²) in [5.74, 6) is -0.422. The number of aliphatic hydroxyl groups excluding tert-OH is 2. The van der Waals surface area contributed by atoms with Crippen LogP contribution in [0.25, 0.3) is 0 Å². The molecular formula is C15H25FN2O2. The Kier molecular flexibility index (Phi) is 7.05. The van der Waals surface area contributed by atoms with Gasteiger partial charge in [-0.3, -0.25) is 4.98 Å². The lowest BCUT2D eigenvalue weighted by Gasteiger charge is -2.30. The van der Waals surface area contributed by atoms with Crippen molar-refractivity contribution >= 4 is 0 Å². The normalized spacial score (nSPS) is 14.8. The van der Waals surface area contributed by atoms with Crippen LogP contribution < -0.4 is 0 Å². The molecule has 0 radical (unpaired) electrons. The van der Waals surface area contributed by atoms with Crippen LogP contribution >= 0.6 is 0 Å². The van der Waals surface area contributed by atoms with E-state index in [4.69, 9.17) is 5.11 Å². The van der Waals surface area contributed by atoms with E-state index in [0.29, 0.717) is 18.3 Å². The molecule has 20 heavy (non-hydrogen) atoms. The summed E-state index contributed by atoms with van der Waals surface area (Å²) in [5, 5.41) is 19.2. The van der Waals surface area contributed by atoms with E-state index in [2.05, 4.69) is 23.7 Å². The maximum atomic E-state index is 12.8. The Bertz CT molecular complexity index is 384. The fourth-order valence-electron chi connectivity index (χ4n) is 2.16. The largest absolute Gasteiger partial charge is 0.396 e. The Hall–Kier alpha value is -1.04. The first-order valence-corrected chi connectivity index (χ1v) is 7.10. The summed E-state index contributed by atoms with van der Waals surface area (Å²) in [6.45, 7) is 7.79. The molecule has 0 aliphatic rings. The molecule has 0 aromatic carbocycles. The zero-order valence-electron chi connectivity index (χ0n) is 12.5. The molecule has 0 aliphatic carbocycles. The summed E-state index contributed by atoms with van der Waals surface area (Å²) >= 11 is 0. The Balaban J connectivity index is 2.62. The molecular weight excluding hydrogens is 259 g/mol. The highest BCUT2D eigenvalue weighted by Gasteiger charge is 2.21. The number of rotatable bonds is 8. The minimum absolute atomic E-state index is 0.0194. The van der Waals surface area contributed by atoms with Gasteiger partial charge in [-0.05, 0) is 32.4 Å². The van der Waals surface area contributed by atoms with Crippen LogP contribution in [0.15, 0.2) is 18.3 Å². The van der Waals surface area contributed by atoms with Crippen molar-refractivity contribution in [2.24, 2.45) is 5.92 Å². The lowest BCUT2D eigenvalue weighted by molar-refractivity contribution is 0.0727. The number of hydrogen-bond donors (Lipinski definition) is 2. The minimum atomic E-state index is -0.717. The quantitative estimate of drug-likeness (QED) is 0.766. The molecule has 1 heterocycles. The fourth-order valence-corrected chi connectivity index (χ4v) is 2.16. The SMILES string of the molecule is CC(CN(CCCO)C(C)C)C(O)c1ccc(F)cn1. The minimum Gasteiger partial charge on any atom is -0.396 e. The second kappa shape index (κ2) is 8.29. The van der Waals surface area contributed by atoms with Gasteiger partial charge in [-0.1, -0.05) is 6.92 Å². The summed E-state index contributed by atoms with van der Waals surface area (Å²) in [6.07, 6.45) is 1.12. The van der Waals surface area contributed by atoms with Crippen molar-refractivity contribution < 1.29 is 14.6 Å². The number of aliphatic hydroxyl groups is 2. The third kappa shape index (κ3) is 5.15. The van der Waals surface area contributed by atoms with Crippen LogP contribution in [0.1, 0.15) is 39.0 Å². The summed E-state index contributed by atoms with van der Waals surface area (Å²) < 4.78 is 12.8. The van der Waals surface area contributed by atoms with E-state index in [9.17, 15) is 9.50 Å². The van der Waals surface area contributed by atoms with Gasteiger partial charge in [0.15, 0.2) is 0 Å². The van der Waals surface area contributed by atoms with E-state index >= 15 is 0 Å². The van der Waals surface area contributed by atoms with Crippen molar-refractivity contribution in [3.63, 3.8) is 0 Å². The Labute approximate surface area is 120 Å². The van der Waals surface area contributed by atoms with Gasteiger partial charge in [0.2, 0.25) is 0 Å². The topological polar surface area (TPSA) is 56.6 Å². The predicted molar refractivity (Wildman–Crippen MR) is 76.7 cm³/mol. The second-order valence-corrected chi connectivity index (χ2v) is 5.49. The molecule has 0 aliphatic heterocycles. The highest BCUT2D eigenvalue weighted by molar-refractivity contribution is 5.08. The van der Waals surface area contributed by atoms with Crippen LogP contribution in [-0.2, 0) is 0 Å². The van der Waals surface area contributed by atoms with Crippen LogP contribution in [0, 0.1) is 11.7 Å². The predicted octanol–water partition coefficient (Wildman–Crippen LogP) is 1.98. The van der Waals surface area contributed by atoms with Crippen LogP contribution in [0.5, 0.6) is 0 Å². The third-order valence-corrected chi connectivity index (χ3v) is 3.45. The Morgan fingerprint density at radius 1 is 1.30 bits per heavy atom. The first-order chi connectivity index (χ1) is 9.45. The molecule has 0 saturated heterocycles. The monoisotopic (exact) mass is 284 g/mol. The standard InChI is InChI=1S/C15H25FN2O2/c1-11(2)18(7-4-8-19)10-12(3)15(20)14-6-5-13(16)9-17-14/h5-6,9,11-12,15,19-20H,4,7-8,10H2,1-3H3. The van der Waals surface area contributed by atoms with E-state index in [0.717, 1.165) is 19.2 Å². The summed E-state index contributed by atoms with van der Waals surface area (Å²) in [5.41, 5.74) is 0.491. The molecule has 2 atom stereocenters. The second-order valence-electron chi connectivity index (χ2n) is 5.49. The van der Waals surface area contributed by atoms with Gasteiger partial charge in [-0.2, -0.15) is 0 Å². The van der Waals surface area contributed by atoms with Gasteiger partial charge < -0.3 is 15.1 Å². The van der Waals surface area contributed by atoms with E-state index in [-0.39, 0.29) is 12.5 Å². The Morgan fingerprint density at radius 2 is 2.00 bits per heavy atom. The van der Waals surface area contributed by atoms with Crippen LogP contribution in [0.4, 0.5) is 4.39 Å². The third-order valence-electron chi connectivity index (χ3n) is 3.45. The number of pyridine rings is 1. The Morgan fingerprint density at radius 3 is 2.50 bits per heavy atom. The highest BCUT2D eigenvalue weighted by Crippen LogP contribution is 2.21. The number of nitrogens with zero attached hydrogens (tertiary/aromatic N) is 2. The van der Waals surface area contributed by atoms with Gasteiger partial charge in [0.05, 0.1) is 18.0 Å². The van der Waals surface area contributed by atoms with Crippen molar-refractivity contribution in [3.8, 4) is 0 Å². The molecule has 1 aromatic heterocycles. The molecule has 0 spiro atoms. The van der Waals surface area contributed by atoms with Gasteiger partial charge >= 0.3 is 0 Å². The van der Waals surface area contributed by atoms with Gasteiger partial charge in [0.1, 0.15) is 5.82 Å². The van der Waals surface area contributed by atoms with Crippen LogP contribution in [0.3, 0.4) is 0 Å². The fraction of sp³-hybridized carbons (Fsp3) is 0.667. The maximum absolute atomic E-state index is 12.8. The van der Waals surface area contributed by atoms with E-state index in [1.807, 2.05) is 6.92 Å². The van der Waals surface area contributed by atoms with Crippen molar-refractivity contribution in [3.05, 3.63) is 29.8 Å². The number of halogens is 1. The molecule has 4 nitrogen and oxygen atoms in total. The first kappa shape index (κ1) is 17.0. The lowest BCUT2D eigenvalue weighted by Crippen LogP contribution is -2.37. The smallest absolute Gasteiger partial charge is 0.141 e. The zero-order chi connectivity index (χ0) is 15.1. The molecule has 0 fully saturated rings. The number of hydrogen-bond acceptors (Lipinski definition) is 4. The molecule has 0 bridgehead atoms. The first-order valence-electron chi connectivity index (χ1n) is 7.10. The molecule has 0 amide bonds. The molecule has 1 aromatic rings. The molecule has 114 valence electrons. The van der Waals surface area contributed by atoms with Crippen molar-refractivity contribution in [2.45, 2.75) is 39.3 Å². The van der Waals surface area contributed by atoms with Crippen LogP contribution in [0.2, 0.25) is 0 Å². The van der Waals surface area contributed by atoms with Gasteiger partial charge in [-0.15, -0.1) is 0 Å². The zero-order valence-corrected chi connectivity index (χ0v) is 12.5. The van der Waals surface area contributed by atoms with Gasteiger partial charge in [0.25, 0.3) is 0 Å². The molecule has 1 rings (SSSR count). The van der Waals surface area contributed by atoms with E-state index in [1.165, 1.54) is 12.1 Å². The lowest BCUT2D eigenvalue weighted by atomic mass is 10.00. The molecule has 5 heteroatoms. The van der Waals surface area contributed by atoms with E-state index < -0.39 is 11.9 Å². The highest BCUT2D eigenvalue weighted by atomic mass is 19.1. The average molecular weight is 284 g/mol. The van der Waals surface area contributed by atoms with E-state index in [1.54, 1.807) is 0 Å². The summed E-state index contributed by atoms with van der Waals surface area (Å²) in [6, 6.07) is 3.17. The van der Waals surface area contributed by atoms with Crippen molar-refractivity contribution in [1.82, 2.24) is 9.88 Å².